The van der Waals surface area contributed by atoms with E-state index < -0.39 is 0 Å². The number of benzene rings is 1. The van der Waals surface area contributed by atoms with Gasteiger partial charge in [0.25, 0.3) is 5.91 Å². The van der Waals surface area contributed by atoms with E-state index in [-0.39, 0.29) is 5.91 Å². The molecule has 2 aromatic rings. The number of carbonyl (C=O) groups excluding carboxylic acids is 2. The van der Waals surface area contributed by atoms with Crippen molar-refractivity contribution in [3.8, 4) is 5.75 Å². The number of unbranched alkanes of at least 4 members (excludes halogenated alkanes) is 9. The number of nitrogens with zero attached hydrogens (tertiary/aromatic N) is 1. The third-order valence-electron chi connectivity index (χ3n) is 5.41. The molecule has 0 atom stereocenters. The first-order valence-electron chi connectivity index (χ1n) is 12.3. The van der Waals surface area contributed by atoms with Crippen LogP contribution in [0.3, 0.4) is 0 Å². The predicted octanol–water partition coefficient (Wildman–Crippen LogP) is 5.85. The summed E-state index contributed by atoms with van der Waals surface area (Å²) in [5.41, 5.74) is 6.66. The zero-order valence-corrected chi connectivity index (χ0v) is 20.2. The van der Waals surface area contributed by atoms with Crippen LogP contribution in [0.2, 0.25) is 0 Å². The predicted molar refractivity (Wildman–Crippen MR) is 137 cm³/mol. The van der Waals surface area contributed by atoms with E-state index in [0.29, 0.717) is 23.4 Å². The first-order chi connectivity index (χ1) is 16.7. The lowest BCUT2D eigenvalue weighted by Gasteiger charge is -2.09. The van der Waals surface area contributed by atoms with Gasteiger partial charge in [-0.1, -0.05) is 64.7 Å². The quantitative estimate of drug-likeness (QED) is 0.145. The smallest absolute Gasteiger partial charge is 0.257 e. The minimum absolute atomic E-state index is 0.234. The van der Waals surface area contributed by atoms with E-state index in [2.05, 4.69) is 28.1 Å². The first-order valence-corrected chi connectivity index (χ1v) is 12.3. The molecular weight excluding hydrogens is 428 g/mol. The van der Waals surface area contributed by atoms with Gasteiger partial charge < -0.3 is 15.5 Å². The highest BCUT2D eigenvalue weighted by Gasteiger charge is 2.07. The number of nitrogens with one attached hydrogen (secondary N) is 3. The Bertz CT molecular complexity index is 851. The average Bonchev–Trinajstić information content (AvgIpc) is 2.86. The van der Waals surface area contributed by atoms with Gasteiger partial charge >= 0.3 is 0 Å². The zero-order valence-electron chi connectivity index (χ0n) is 20.2. The van der Waals surface area contributed by atoms with Crippen LogP contribution in [0.5, 0.6) is 5.75 Å². The molecule has 2 amide bonds. The summed E-state index contributed by atoms with van der Waals surface area (Å²) in [7, 11) is 0. The van der Waals surface area contributed by atoms with Gasteiger partial charge in [0.05, 0.1) is 17.9 Å². The highest BCUT2D eigenvalue weighted by atomic mass is 16.5. The molecule has 0 fully saturated rings. The second-order valence-electron chi connectivity index (χ2n) is 8.22. The van der Waals surface area contributed by atoms with Gasteiger partial charge in [-0.2, -0.15) is 0 Å². The molecule has 1 aromatic heterocycles. The van der Waals surface area contributed by atoms with E-state index in [0.717, 1.165) is 18.8 Å². The second-order valence-corrected chi connectivity index (χ2v) is 8.22. The molecule has 0 aliphatic rings. The van der Waals surface area contributed by atoms with E-state index in [1.807, 2.05) is 24.3 Å². The Kier molecular flexibility index (Phi) is 13.6. The van der Waals surface area contributed by atoms with Crippen LogP contribution in [-0.4, -0.2) is 23.9 Å². The van der Waals surface area contributed by atoms with Crippen molar-refractivity contribution in [1.29, 1.82) is 0 Å². The Morgan fingerprint density at radius 3 is 2.18 bits per heavy atom. The van der Waals surface area contributed by atoms with Crippen molar-refractivity contribution >= 4 is 24.1 Å². The number of rotatable bonds is 18. The number of anilines is 1. The van der Waals surface area contributed by atoms with Gasteiger partial charge in [0, 0.05) is 18.1 Å². The SMILES string of the molecule is CCCCCCCCCCCCOc1ccc(NC(=O)c2ccc(/C=C/NNC=O)nc2)cc1. The largest absolute Gasteiger partial charge is 0.494 e. The van der Waals surface area contributed by atoms with Crippen molar-refractivity contribution in [3.05, 3.63) is 60.1 Å². The van der Waals surface area contributed by atoms with Crippen LogP contribution in [0.15, 0.2) is 48.8 Å². The molecule has 0 radical (unpaired) electrons. The Morgan fingerprint density at radius 1 is 0.882 bits per heavy atom. The fourth-order valence-corrected chi connectivity index (χ4v) is 3.46. The van der Waals surface area contributed by atoms with Crippen LogP contribution in [0.4, 0.5) is 5.69 Å². The highest BCUT2D eigenvalue weighted by Crippen LogP contribution is 2.17. The maximum Gasteiger partial charge on any atom is 0.257 e. The second kappa shape index (κ2) is 17.2. The average molecular weight is 467 g/mol. The molecule has 0 spiro atoms. The summed E-state index contributed by atoms with van der Waals surface area (Å²) >= 11 is 0. The number of hydrogen-bond donors (Lipinski definition) is 3. The van der Waals surface area contributed by atoms with Crippen molar-refractivity contribution < 1.29 is 14.3 Å². The van der Waals surface area contributed by atoms with Gasteiger partial charge in [-0.3, -0.25) is 20.0 Å². The van der Waals surface area contributed by atoms with Crippen LogP contribution >= 0.6 is 0 Å². The number of hydrazine groups is 1. The van der Waals surface area contributed by atoms with E-state index in [1.54, 1.807) is 18.2 Å². The van der Waals surface area contributed by atoms with Crippen LogP contribution in [0, 0.1) is 0 Å². The molecule has 0 aliphatic carbocycles. The Labute approximate surface area is 203 Å². The fourth-order valence-electron chi connectivity index (χ4n) is 3.46. The summed E-state index contributed by atoms with van der Waals surface area (Å²) in [6, 6.07) is 10.8. The van der Waals surface area contributed by atoms with Crippen LogP contribution < -0.4 is 20.9 Å². The molecule has 0 saturated heterocycles. The molecule has 3 N–H and O–H groups in total. The Hall–Kier alpha value is -3.35. The summed E-state index contributed by atoms with van der Waals surface area (Å²) in [5, 5.41) is 2.86. The molecule has 7 heteroatoms. The van der Waals surface area contributed by atoms with Gasteiger partial charge in [0.2, 0.25) is 6.41 Å². The number of aromatic nitrogens is 1. The molecule has 0 bridgehead atoms. The van der Waals surface area contributed by atoms with Crippen molar-refractivity contribution in [3.63, 3.8) is 0 Å². The van der Waals surface area contributed by atoms with Crippen LogP contribution in [0.25, 0.3) is 6.08 Å². The minimum Gasteiger partial charge on any atom is -0.494 e. The first kappa shape index (κ1) is 26.9. The molecule has 7 nitrogen and oxygen atoms in total. The molecule has 1 aromatic carbocycles. The van der Waals surface area contributed by atoms with E-state index in [4.69, 9.17) is 4.74 Å². The molecule has 0 saturated carbocycles. The summed E-state index contributed by atoms with van der Waals surface area (Å²) < 4.78 is 5.83. The van der Waals surface area contributed by atoms with E-state index in [1.165, 1.54) is 70.2 Å². The van der Waals surface area contributed by atoms with Gasteiger partial charge in [0.1, 0.15) is 5.75 Å². The summed E-state index contributed by atoms with van der Waals surface area (Å²) in [4.78, 5) is 26.8. The number of amides is 2. The number of hydrogen-bond acceptors (Lipinski definition) is 5. The number of carbonyl (C=O) groups is 2. The maximum atomic E-state index is 12.4. The summed E-state index contributed by atoms with van der Waals surface area (Å²) in [5.74, 6) is 0.576. The third-order valence-corrected chi connectivity index (χ3v) is 5.41. The summed E-state index contributed by atoms with van der Waals surface area (Å²) in [6.45, 7) is 2.97. The number of ether oxygens (including phenoxy) is 1. The van der Waals surface area contributed by atoms with Gasteiger partial charge in [-0.05, 0) is 48.9 Å². The van der Waals surface area contributed by atoms with Gasteiger partial charge in [0.15, 0.2) is 0 Å². The molecule has 2 rings (SSSR count). The maximum absolute atomic E-state index is 12.4. The molecule has 0 aliphatic heterocycles. The lowest BCUT2D eigenvalue weighted by atomic mass is 10.1. The molecule has 1 heterocycles. The van der Waals surface area contributed by atoms with Gasteiger partial charge in [-0.25, -0.2) is 0 Å². The molecular formula is C27H38N4O3. The van der Waals surface area contributed by atoms with Gasteiger partial charge in [-0.15, -0.1) is 0 Å². The standard InChI is InChI=1S/C27H38N4O3/c1-2-3-4-5-6-7-8-9-10-11-20-34-26-16-14-25(15-17-26)31-27(33)23-12-13-24(28-21-23)18-19-29-30-22-32/h12-19,21-22,29H,2-11,20H2,1H3,(H,30,32)(H,31,33)/b19-18+. The minimum atomic E-state index is -0.234. The highest BCUT2D eigenvalue weighted by molar-refractivity contribution is 6.04. The van der Waals surface area contributed by atoms with Crippen molar-refractivity contribution in [2.75, 3.05) is 11.9 Å². The lowest BCUT2D eigenvalue weighted by molar-refractivity contribution is -0.110. The molecule has 34 heavy (non-hydrogen) atoms. The van der Waals surface area contributed by atoms with Crippen LogP contribution in [0.1, 0.15) is 87.2 Å². The monoisotopic (exact) mass is 466 g/mol. The van der Waals surface area contributed by atoms with Crippen molar-refractivity contribution in [2.24, 2.45) is 0 Å². The van der Waals surface area contributed by atoms with E-state index >= 15 is 0 Å². The van der Waals surface area contributed by atoms with E-state index in [9.17, 15) is 9.59 Å². The normalized spacial score (nSPS) is 10.7. The lowest BCUT2D eigenvalue weighted by Crippen LogP contribution is -2.24. The fraction of sp³-hybridized carbons (Fsp3) is 0.444. The number of pyridine rings is 1. The summed E-state index contributed by atoms with van der Waals surface area (Å²) in [6.07, 6.45) is 18.3. The topological polar surface area (TPSA) is 92.4 Å². The Morgan fingerprint density at radius 2 is 1.56 bits per heavy atom. The Balaban J connectivity index is 1.61. The molecule has 184 valence electrons. The van der Waals surface area contributed by atoms with Crippen molar-refractivity contribution in [2.45, 2.75) is 71.1 Å². The van der Waals surface area contributed by atoms with Crippen molar-refractivity contribution in [1.82, 2.24) is 15.8 Å². The third kappa shape index (κ3) is 11.5. The van der Waals surface area contributed by atoms with Crippen LogP contribution in [-0.2, 0) is 4.79 Å². The molecule has 0 unspecified atom stereocenters. The zero-order chi connectivity index (χ0) is 24.3.